The Labute approximate surface area is 156 Å². The van der Waals surface area contributed by atoms with E-state index < -0.39 is 6.61 Å². The van der Waals surface area contributed by atoms with E-state index in [9.17, 15) is 18.4 Å². The van der Waals surface area contributed by atoms with E-state index in [1.165, 1.54) is 12.1 Å². The zero-order valence-electron chi connectivity index (χ0n) is 14.9. The molecule has 0 unspecified atom stereocenters. The average molecular weight is 377 g/mol. The Morgan fingerprint density at radius 2 is 1.56 bits per heavy atom. The molecule has 5 nitrogen and oxygen atoms in total. The number of halogens is 2. The minimum Gasteiger partial charge on any atom is -0.484 e. The minimum atomic E-state index is -2.86. The molecule has 1 amide bonds. The van der Waals surface area contributed by atoms with Crippen LogP contribution in [0, 0.1) is 0 Å². The van der Waals surface area contributed by atoms with E-state index in [0.29, 0.717) is 18.6 Å². The van der Waals surface area contributed by atoms with Gasteiger partial charge in [0, 0.05) is 13.0 Å². The molecule has 2 rings (SSSR count). The van der Waals surface area contributed by atoms with Gasteiger partial charge in [0.25, 0.3) is 5.91 Å². The number of ether oxygens (including phenoxy) is 2. The second kappa shape index (κ2) is 10.3. The van der Waals surface area contributed by atoms with Crippen molar-refractivity contribution >= 4 is 11.7 Å². The van der Waals surface area contributed by atoms with Crippen LogP contribution in [0.5, 0.6) is 11.5 Å². The number of carbonyl (C=O) groups excluding carboxylic acids is 2. The van der Waals surface area contributed by atoms with Crippen molar-refractivity contribution in [2.45, 2.75) is 32.9 Å². The summed E-state index contributed by atoms with van der Waals surface area (Å²) in [5, 5.41) is 2.68. The third-order valence-electron chi connectivity index (χ3n) is 3.70. The Balaban J connectivity index is 1.72. The van der Waals surface area contributed by atoms with Crippen LogP contribution in [-0.2, 0) is 22.6 Å². The van der Waals surface area contributed by atoms with Gasteiger partial charge in [-0.25, -0.2) is 0 Å². The maximum Gasteiger partial charge on any atom is 0.387 e. The Morgan fingerprint density at radius 1 is 0.963 bits per heavy atom. The van der Waals surface area contributed by atoms with E-state index in [1.807, 2.05) is 12.1 Å². The maximum absolute atomic E-state index is 12.1. The van der Waals surface area contributed by atoms with Crippen LogP contribution in [0.4, 0.5) is 8.78 Å². The Hall–Kier alpha value is -2.96. The summed E-state index contributed by atoms with van der Waals surface area (Å²) in [6.45, 7) is -1.20. The summed E-state index contributed by atoms with van der Waals surface area (Å²) in [4.78, 5) is 22.8. The number of amides is 1. The van der Waals surface area contributed by atoms with Gasteiger partial charge in [-0.3, -0.25) is 4.79 Å². The third-order valence-corrected chi connectivity index (χ3v) is 3.70. The van der Waals surface area contributed by atoms with Gasteiger partial charge in [-0.05, 0) is 48.7 Å². The highest BCUT2D eigenvalue weighted by Crippen LogP contribution is 2.15. The molecule has 1 N–H and O–H groups in total. The summed E-state index contributed by atoms with van der Waals surface area (Å²) in [6, 6.07) is 13.3. The van der Waals surface area contributed by atoms with Gasteiger partial charge in [0.1, 0.15) is 17.3 Å². The fourth-order valence-electron chi connectivity index (χ4n) is 2.26. The van der Waals surface area contributed by atoms with Crippen molar-refractivity contribution in [1.29, 1.82) is 0 Å². The number of hydrogen-bond acceptors (Lipinski definition) is 4. The van der Waals surface area contributed by atoms with Crippen molar-refractivity contribution < 1.29 is 27.8 Å². The lowest BCUT2D eigenvalue weighted by Crippen LogP contribution is -2.28. The molecule has 0 fully saturated rings. The zero-order valence-corrected chi connectivity index (χ0v) is 14.9. The predicted octanol–water partition coefficient (Wildman–Crippen LogP) is 3.50. The topological polar surface area (TPSA) is 64.6 Å². The summed E-state index contributed by atoms with van der Waals surface area (Å²) >= 11 is 0. The lowest BCUT2D eigenvalue weighted by Gasteiger charge is -2.09. The van der Waals surface area contributed by atoms with Crippen LogP contribution in [0.1, 0.15) is 24.5 Å². The van der Waals surface area contributed by atoms with Crippen molar-refractivity contribution in [1.82, 2.24) is 5.32 Å². The Kier molecular flexibility index (Phi) is 7.73. The SMILES string of the molecule is CC(=O)CCc1ccc(OCC(=O)NCc2ccc(OC(F)F)cc2)cc1. The van der Waals surface area contributed by atoms with E-state index in [4.69, 9.17) is 4.74 Å². The number of nitrogens with one attached hydrogen (secondary N) is 1. The Morgan fingerprint density at radius 3 is 2.15 bits per heavy atom. The quantitative estimate of drug-likeness (QED) is 0.688. The molecule has 27 heavy (non-hydrogen) atoms. The largest absolute Gasteiger partial charge is 0.484 e. The monoisotopic (exact) mass is 377 g/mol. The van der Waals surface area contributed by atoms with Crippen LogP contribution in [0.2, 0.25) is 0 Å². The molecule has 0 bridgehead atoms. The highest BCUT2D eigenvalue weighted by atomic mass is 19.3. The first-order valence-corrected chi connectivity index (χ1v) is 8.44. The van der Waals surface area contributed by atoms with Gasteiger partial charge in [0.15, 0.2) is 6.61 Å². The van der Waals surface area contributed by atoms with Gasteiger partial charge in [-0.1, -0.05) is 24.3 Å². The van der Waals surface area contributed by atoms with E-state index in [1.54, 1.807) is 31.2 Å². The number of alkyl halides is 2. The van der Waals surface area contributed by atoms with E-state index in [-0.39, 0.29) is 30.6 Å². The van der Waals surface area contributed by atoms with Crippen molar-refractivity contribution in [3.05, 3.63) is 59.7 Å². The van der Waals surface area contributed by atoms with Crippen molar-refractivity contribution in [3.63, 3.8) is 0 Å². The highest BCUT2D eigenvalue weighted by molar-refractivity contribution is 5.77. The normalized spacial score (nSPS) is 10.5. The molecular weight excluding hydrogens is 356 g/mol. The van der Waals surface area contributed by atoms with Gasteiger partial charge >= 0.3 is 6.61 Å². The summed E-state index contributed by atoms with van der Waals surface area (Å²) < 4.78 is 33.8. The molecule has 0 heterocycles. The molecule has 0 aliphatic carbocycles. The van der Waals surface area contributed by atoms with Crippen molar-refractivity contribution in [2.75, 3.05) is 6.61 Å². The van der Waals surface area contributed by atoms with Crippen molar-refractivity contribution in [2.24, 2.45) is 0 Å². The first-order chi connectivity index (χ1) is 12.9. The maximum atomic E-state index is 12.1. The van der Waals surface area contributed by atoms with Gasteiger partial charge in [-0.15, -0.1) is 0 Å². The number of carbonyl (C=O) groups is 2. The van der Waals surface area contributed by atoms with Gasteiger partial charge < -0.3 is 19.6 Å². The average Bonchev–Trinajstić information content (AvgIpc) is 2.64. The molecule has 0 saturated heterocycles. The molecule has 0 spiro atoms. The zero-order chi connectivity index (χ0) is 19.6. The van der Waals surface area contributed by atoms with Crippen LogP contribution in [0.15, 0.2) is 48.5 Å². The van der Waals surface area contributed by atoms with Crippen molar-refractivity contribution in [3.8, 4) is 11.5 Å². The first kappa shape index (κ1) is 20.4. The molecule has 7 heteroatoms. The molecule has 2 aromatic rings. The number of ketones is 1. The molecule has 0 radical (unpaired) electrons. The number of Topliss-reactive ketones (excluding diaryl/α,β-unsaturated/α-hetero) is 1. The third kappa shape index (κ3) is 7.85. The summed E-state index contributed by atoms with van der Waals surface area (Å²) in [5.74, 6) is 0.465. The number of hydrogen-bond donors (Lipinski definition) is 1. The number of benzene rings is 2. The molecule has 0 atom stereocenters. The lowest BCUT2D eigenvalue weighted by atomic mass is 10.1. The number of aryl methyl sites for hydroxylation is 1. The minimum absolute atomic E-state index is 0.0650. The highest BCUT2D eigenvalue weighted by Gasteiger charge is 2.06. The summed E-state index contributed by atoms with van der Waals surface area (Å²) in [6.07, 6.45) is 1.18. The smallest absolute Gasteiger partial charge is 0.387 e. The molecule has 2 aromatic carbocycles. The summed E-state index contributed by atoms with van der Waals surface area (Å²) in [7, 11) is 0. The van der Waals surface area contributed by atoms with Crippen LogP contribution >= 0.6 is 0 Å². The molecule has 0 aromatic heterocycles. The second-order valence-corrected chi connectivity index (χ2v) is 5.93. The molecule has 0 aliphatic heterocycles. The molecule has 144 valence electrons. The number of rotatable bonds is 10. The Bertz CT molecular complexity index is 746. The lowest BCUT2D eigenvalue weighted by molar-refractivity contribution is -0.123. The van der Waals surface area contributed by atoms with E-state index in [0.717, 1.165) is 11.1 Å². The van der Waals surface area contributed by atoms with Gasteiger partial charge in [-0.2, -0.15) is 8.78 Å². The fraction of sp³-hybridized carbons (Fsp3) is 0.300. The summed E-state index contributed by atoms with van der Waals surface area (Å²) in [5.41, 5.74) is 1.78. The molecular formula is C20H21F2NO4. The fourth-order valence-corrected chi connectivity index (χ4v) is 2.26. The second-order valence-electron chi connectivity index (χ2n) is 5.93. The van der Waals surface area contributed by atoms with Gasteiger partial charge in [0.2, 0.25) is 0 Å². The standard InChI is InChI=1S/C20H21F2NO4/c1-14(24)2-3-15-4-8-17(9-5-15)26-13-19(25)23-12-16-6-10-18(11-7-16)27-20(21)22/h4-11,20H,2-3,12-13H2,1H3,(H,23,25). The van der Waals surface area contributed by atoms with Gasteiger partial charge in [0.05, 0.1) is 0 Å². The van der Waals surface area contributed by atoms with Crippen LogP contribution in [0.25, 0.3) is 0 Å². The predicted molar refractivity (Wildman–Crippen MR) is 95.9 cm³/mol. The van der Waals surface area contributed by atoms with Crippen LogP contribution in [-0.4, -0.2) is 24.9 Å². The van der Waals surface area contributed by atoms with Crippen LogP contribution in [0.3, 0.4) is 0 Å². The van der Waals surface area contributed by atoms with Crippen LogP contribution < -0.4 is 14.8 Å². The van der Waals surface area contributed by atoms with E-state index in [2.05, 4.69) is 10.1 Å². The first-order valence-electron chi connectivity index (χ1n) is 8.44. The molecule has 0 aliphatic rings. The molecule has 0 saturated carbocycles. The van der Waals surface area contributed by atoms with E-state index >= 15 is 0 Å².